The number of hydrogen-bond acceptors (Lipinski definition) is 4. The van der Waals surface area contributed by atoms with E-state index in [9.17, 15) is 4.79 Å². The van der Waals surface area contributed by atoms with Crippen LogP contribution in [0, 0.1) is 0 Å². The van der Waals surface area contributed by atoms with E-state index < -0.39 is 0 Å². The fourth-order valence-corrected chi connectivity index (χ4v) is 2.41. The zero-order valence-corrected chi connectivity index (χ0v) is 14.8. The summed E-state index contributed by atoms with van der Waals surface area (Å²) in [6.45, 7) is 4.00. The third kappa shape index (κ3) is 4.60. The van der Waals surface area contributed by atoms with Crippen LogP contribution in [0.2, 0.25) is 0 Å². The van der Waals surface area contributed by atoms with Gasteiger partial charge in [0.15, 0.2) is 0 Å². The van der Waals surface area contributed by atoms with Gasteiger partial charge in [0.25, 0.3) is 5.91 Å². The van der Waals surface area contributed by atoms with E-state index in [1.54, 1.807) is 18.3 Å². The Labute approximate surface area is 153 Å². The van der Waals surface area contributed by atoms with Gasteiger partial charge in [-0.05, 0) is 62.4 Å². The highest BCUT2D eigenvalue weighted by Gasteiger charge is 2.13. The molecule has 2 aromatic carbocycles. The van der Waals surface area contributed by atoms with Crippen molar-refractivity contribution in [1.29, 1.82) is 0 Å². The molecule has 1 heterocycles. The molecule has 5 nitrogen and oxygen atoms in total. The molecule has 132 valence electrons. The maximum Gasteiger partial charge on any atom is 0.259 e. The fraction of sp³-hybridized carbons (Fsp3) is 0.143. The maximum absolute atomic E-state index is 12.6. The Bertz CT molecular complexity index is 862. The largest absolute Gasteiger partial charge is 0.457 e. The van der Waals surface area contributed by atoms with Crippen molar-refractivity contribution in [1.82, 2.24) is 4.98 Å². The van der Waals surface area contributed by atoms with Gasteiger partial charge < -0.3 is 15.4 Å². The van der Waals surface area contributed by atoms with E-state index >= 15 is 0 Å². The molecule has 0 saturated heterocycles. The number of anilines is 2. The summed E-state index contributed by atoms with van der Waals surface area (Å²) in [6, 6.07) is 20.5. The number of para-hydroxylation sites is 1. The molecule has 0 unspecified atom stereocenters. The monoisotopic (exact) mass is 347 g/mol. The molecule has 5 heteroatoms. The first-order chi connectivity index (χ1) is 12.6. The van der Waals surface area contributed by atoms with Crippen LogP contribution in [0.1, 0.15) is 24.2 Å². The first-order valence-electron chi connectivity index (χ1n) is 8.47. The van der Waals surface area contributed by atoms with Crippen LogP contribution in [0.25, 0.3) is 0 Å². The van der Waals surface area contributed by atoms with E-state index in [1.807, 2.05) is 68.4 Å². The predicted molar refractivity (Wildman–Crippen MR) is 104 cm³/mol. The molecule has 0 bridgehead atoms. The van der Waals surface area contributed by atoms with Gasteiger partial charge in [0.05, 0.1) is 5.56 Å². The summed E-state index contributed by atoms with van der Waals surface area (Å²) in [4.78, 5) is 16.8. The number of aromatic nitrogens is 1. The van der Waals surface area contributed by atoms with Crippen molar-refractivity contribution >= 4 is 17.4 Å². The minimum atomic E-state index is -0.210. The first-order valence-corrected chi connectivity index (χ1v) is 8.47. The number of carbonyl (C=O) groups excluding carboxylic acids is 1. The molecule has 0 atom stereocenters. The van der Waals surface area contributed by atoms with Crippen molar-refractivity contribution in [2.24, 2.45) is 0 Å². The van der Waals surface area contributed by atoms with Crippen molar-refractivity contribution in [2.45, 2.75) is 19.9 Å². The van der Waals surface area contributed by atoms with E-state index in [4.69, 9.17) is 4.74 Å². The van der Waals surface area contributed by atoms with E-state index in [0.29, 0.717) is 22.8 Å². The molecule has 0 saturated carbocycles. The number of rotatable bonds is 6. The minimum Gasteiger partial charge on any atom is -0.457 e. The quantitative estimate of drug-likeness (QED) is 0.662. The SMILES string of the molecule is CC(C)Nc1ncccc1C(=O)Nc1ccc(Oc2ccccc2)cc1. The smallest absolute Gasteiger partial charge is 0.259 e. The van der Waals surface area contributed by atoms with Crippen molar-refractivity contribution in [2.75, 3.05) is 10.6 Å². The molecule has 2 N–H and O–H groups in total. The van der Waals surface area contributed by atoms with Gasteiger partial charge in [-0.1, -0.05) is 18.2 Å². The van der Waals surface area contributed by atoms with Gasteiger partial charge in [0.1, 0.15) is 17.3 Å². The second-order valence-corrected chi connectivity index (χ2v) is 6.09. The Morgan fingerprint density at radius 3 is 2.31 bits per heavy atom. The van der Waals surface area contributed by atoms with Crippen molar-refractivity contribution in [3.63, 3.8) is 0 Å². The summed E-state index contributed by atoms with van der Waals surface area (Å²) in [7, 11) is 0. The molecule has 0 aliphatic rings. The molecular weight excluding hydrogens is 326 g/mol. The average molecular weight is 347 g/mol. The van der Waals surface area contributed by atoms with E-state index in [2.05, 4.69) is 15.6 Å². The van der Waals surface area contributed by atoms with Crippen LogP contribution in [-0.4, -0.2) is 16.9 Å². The Morgan fingerprint density at radius 1 is 0.923 bits per heavy atom. The van der Waals surface area contributed by atoms with E-state index in [1.165, 1.54) is 0 Å². The number of amides is 1. The van der Waals surface area contributed by atoms with Crippen LogP contribution in [-0.2, 0) is 0 Å². The summed E-state index contributed by atoms with van der Waals surface area (Å²) in [6.07, 6.45) is 1.66. The van der Waals surface area contributed by atoms with Crippen molar-refractivity contribution < 1.29 is 9.53 Å². The molecule has 0 aliphatic heterocycles. The first kappa shape index (κ1) is 17.5. The number of nitrogens with one attached hydrogen (secondary N) is 2. The number of carbonyl (C=O) groups is 1. The highest BCUT2D eigenvalue weighted by atomic mass is 16.5. The number of nitrogens with zero attached hydrogens (tertiary/aromatic N) is 1. The van der Waals surface area contributed by atoms with Crippen LogP contribution in [0.5, 0.6) is 11.5 Å². The lowest BCUT2D eigenvalue weighted by Crippen LogP contribution is -2.18. The van der Waals surface area contributed by atoms with Crippen LogP contribution in [0.3, 0.4) is 0 Å². The molecule has 0 aliphatic carbocycles. The molecule has 0 radical (unpaired) electrons. The van der Waals surface area contributed by atoms with E-state index in [-0.39, 0.29) is 11.9 Å². The van der Waals surface area contributed by atoms with E-state index in [0.717, 1.165) is 5.75 Å². The number of hydrogen-bond donors (Lipinski definition) is 2. The summed E-state index contributed by atoms with van der Waals surface area (Å²) in [5, 5.41) is 6.07. The Kier molecular flexibility index (Phi) is 5.49. The Morgan fingerprint density at radius 2 is 1.62 bits per heavy atom. The highest BCUT2D eigenvalue weighted by molar-refractivity contribution is 6.07. The van der Waals surface area contributed by atoms with Crippen molar-refractivity contribution in [3.05, 3.63) is 78.5 Å². The topological polar surface area (TPSA) is 63.2 Å². The lowest BCUT2D eigenvalue weighted by Gasteiger charge is -2.13. The molecule has 0 spiro atoms. The van der Waals surface area contributed by atoms with Gasteiger partial charge in [0.2, 0.25) is 0 Å². The summed E-state index contributed by atoms with van der Waals surface area (Å²) >= 11 is 0. The van der Waals surface area contributed by atoms with Gasteiger partial charge in [-0.25, -0.2) is 4.98 Å². The van der Waals surface area contributed by atoms with Crippen molar-refractivity contribution in [3.8, 4) is 11.5 Å². The van der Waals surface area contributed by atoms with Crippen LogP contribution < -0.4 is 15.4 Å². The van der Waals surface area contributed by atoms with Gasteiger partial charge in [-0.3, -0.25) is 4.79 Å². The Balaban J connectivity index is 1.68. The fourth-order valence-electron chi connectivity index (χ4n) is 2.41. The molecule has 3 rings (SSSR count). The molecule has 1 amide bonds. The minimum absolute atomic E-state index is 0.186. The third-order valence-electron chi connectivity index (χ3n) is 3.57. The zero-order valence-electron chi connectivity index (χ0n) is 14.8. The normalized spacial score (nSPS) is 10.4. The van der Waals surface area contributed by atoms with Gasteiger partial charge in [0, 0.05) is 17.9 Å². The van der Waals surface area contributed by atoms with Crippen LogP contribution in [0.15, 0.2) is 72.9 Å². The second-order valence-electron chi connectivity index (χ2n) is 6.09. The number of benzene rings is 2. The average Bonchev–Trinajstić information content (AvgIpc) is 2.64. The van der Waals surface area contributed by atoms with Gasteiger partial charge >= 0.3 is 0 Å². The maximum atomic E-state index is 12.6. The predicted octanol–water partition coefficient (Wildman–Crippen LogP) is 4.95. The molecule has 0 fully saturated rings. The zero-order chi connectivity index (χ0) is 18.4. The lowest BCUT2D eigenvalue weighted by atomic mass is 10.2. The standard InChI is InChI=1S/C21H21N3O2/c1-15(2)23-20-19(9-6-14-22-20)21(25)24-16-10-12-18(13-11-16)26-17-7-4-3-5-8-17/h3-15H,1-2H3,(H,22,23)(H,24,25). The molecular formula is C21H21N3O2. The summed E-state index contributed by atoms with van der Waals surface area (Å²) in [5.41, 5.74) is 1.19. The van der Waals surface area contributed by atoms with Gasteiger partial charge in [-0.15, -0.1) is 0 Å². The number of ether oxygens (including phenoxy) is 1. The third-order valence-corrected chi connectivity index (χ3v) is 3.57. The lowest BCUT2D eigenvalue weighted by molar-refractivity contribution is 0.102. The highest BCUT2D eigenvalue weighted by Crippen LogP contribution is 2.23. The summed E-state index contributed by atoms with van der Waals surface area (Å²) in [5.74, 6) is 1.84. The molecule has 3 aromatic rings. The van der Waals surface area contributed by atoms with Crippen LogP contribution >= 0.6 is 0 Å². The Hall–Kier alpha value is -3.34. The van der Waals surface area contributed by atoms with Crippen LogP contribution in [0.4, 0.5) is 11.5 Å². The molecule has 1 aromatic heterocycles. The molecule has 26 heavy (non-hydrogen) atoms. The number of pyridine rings is 1. The second kappa shape index (κ2) is 8.16. The summed E-state index contributed by atoms with van der Waals surface area (Å²) < 4.78 is 5.75. The van der Waals surface area contributed by atoms with Gasteiger partial charge in [-0.2, -0.15) is 0 Å².